The van der Waals surface area contributed by atoms with E-state index >= 15 is 0 Å². The van der Waals surface area contributed by atoms with Gasteiger partial charge in [0.2, 0.25) is 11.1 Å². The summed E-state index contributed by atoms with van der Waals surface area (Å²) in [5.74, 6) is 7.25. The van der Waals surface area contributed by atoms with E-state index in [9.17, 15) is 4.79 Å². The van der Waals surface area contributed by atoms with E-state index in [1.54, 1.807) is 0 Å². The fraction of sp³-hybridized carbons (Fsp3) is 0.500. The number of nitrogens with zero attached hydrogens (tertiary/aromatic N) is 5. The van der Waals surface area contributed by atoms with E-state index in [4.69, 9.17) is 5.84 Å². The highest BCUT2D eigenvalue weighted by atomic mass is 32.2. The second kappa shape index (κ2) is 7.99. The number of rotatable bonds is 5. The van der Waals surface area contributed by atoms with E-state index in [0.29, 0.717) is 22.8 Å². The lowest BCUT2D eigenvalue weighted by Gasteiger charge is -2.33. The number of piperidine rings is 1. The third kappa shape index (κ3) is 3.95. The van der Waals surface area contributed by atoms with Gasteiger partial charge < -0.3 is 15.6 Å². The van der Waals surface area contributed by atoms with Crippen LogP contribution in [0.5, 0.6) is 0 Å². The van der Waals surface area contributed by atoms with Crippen molar-refractivity contribution in [3.63, 3.8) is 0 Å². The first-order chi connectivity index (χ1) is 12.5. The molecule has 1 aliphatic rings. The second-order valence-corrected chi connectivity index (χ2v) is 7.78. The second-order valence-electron chi connectivity index (χ2n) is 6.84. The largest absolute Gasteiger partial charge is 0.378 e. The van der Waals surface area contributed by atoms with Crippen LogP contribution in [0.25, 0.3) is 11.4 Å². The summed E-state index contributed by atoms with van der Waals surface area (Å²) in [4.78, 5) is 16.5. The Morgan fingerprint density at radius 3 is 2.88 bits per heavy atom. The molecule has 1 fully saturated rings. The SMILES string of the molecule is CC1CCCCN1C(=O)CSc1nnc(-c2cccc(N(C)C)c2)n1N. The highest BCUT2D eigenvalue weighted by molar-refractivity contribution is 7.99. The summed E-state index contributed by atoms with van der Waals surface area (Å²) in [6.45, 7) is 2.96. The number of carbonyl (C=O) groups is 1. The maximum absolute atomic E-state index is 12.5. The number of amides is 1. The molecule has 2 heterocycles. The molecule has 1 atom stereocenters. The topological polar surface area (TPSA) is 80.3 Å². The normalized spacial score (nSPS) is 17.3. The lowest BCUT2D eigenvalue weighted by Crippen LogP contribution is -2.43. The van der Waals surface area contributed by atoms with E-state index in [2.05, 4.69) is 17.1 Å². The number of nitrogens with two attached hydrogens (primary N) is 1. The Bertz CT molecular complexity index is 775. The Kier molecular flexibility index (Phi) is 5.70. The Morgan fingerprint density at radius 1 is 1.35 bits per heavy atom. The molecule has 1 aromatic heterocycles. The summed E-state index contributed by atoms with van der Waals surface area (Å²) < 4.78 is 1.46. The highest BCUT2D eigenvalue weighted by Crippen LogP contribution is 2.25. The number of hydrogen-bond donors (Lipinski definition) is 1. The monoisotopic (exact) mass is 374 g/mol. The summed E-state index contributed by atoms with van der Waals surface area (Å²) in [6, 6.07) is 8.27. The number of thioether (sulfide) groups is 1. The van der Waals surface area contributed by atoms with Crippen molar-refractivity contribution >= 4 is 23.4 Å². The van der Waals surface area contributed by atoms with Crippen molar-refractivity contribution in [3.05, 3.63) is 24.3 Å². The molecule has 26 heavy (non-hydrogen) atoms. The van der Waals surface area contributed by atoms with Gasteiger partial charge in [0.15, 0.2) is 5.82 Å². The molecule has 1 saturated heterocycles. The van der Waals surface area contributed by atoms with Gasteiger partial charge in [0.05, 0.1) is 5.75 Å². The Balaban J connectivity index is 1.69. The molecule has 0 bridgehead atoms. The average Bonchev–Trinajstić information content (AvgIpc) is 3.01. The minimum absolute atomic E-state index is 0.140. The molecule has 0 spiro atoms. The van der Waals surface area contributed by atoms with Crippen LogP contribution in [0.1, 0.15) is 26.2 Å². The van der Waals surface area contributed by atoms with Gasteiger partial charge in [0.25, 0.3) is 0 Å². The first-order valence-electron chi connectivity index (χ1n) is 8.88. The standard InChI is InChI=1S/C18H26N6OS/c1-13-7-4-5-10-23(13)16(25)12-26-18-21-20-17(24(18)19)14-8-6-9-15(11-14)22(2)3/h6,8-9,11,13H,4-5,7,10,12,19H2,1-3H3. The number of anilines is 1. The summed E-state index contributed by atoms with van der Waals surface area (Å²) in [7, 11) is 3.97. The maximum atomic E-state index is 12.5. The van der Waals surface area contributed by atoms with Gasteiger partial charge in [-0.15, -0.1) is 10.2 Å². The zero-order valence-corrected chi connectivity index (χ0v) is 16.4. The van der Waals surface area contributed by atoms with E-state index in [0.717, 1.165) is 30.6 Å². The lowest BCUT2D eigenvalue weighted by molar-refractivity contribution is -0.131. The molecule has 140 valence electrons. The average molecular weight is 375 g/mol. The molecule has 1 aliphatic heterocycles. The quantitative estimate of drug-likeness (QED) is 0.638. The van der Waals surface area contributed by atoms with Crippen LogP contribution in [0, 0.1) is 0 Å². The van der Waals surface area contributed by atoms with Gasteiger partial charge in [-0.3, -0.25) is 4.79 Å². The molecular weight excluding hydrogens is 348 g/mol. The van der Waals surface area contributed by atoms with Crippen LogP contribution >= 0.6 is 11.8 Å². The number of aromatic nitrogens is 3. The maximum Gasteiger partial charge on any atom is 0.233 e. The fourth-order valence-corrected chi connectivity index (χ4v) is 3.92. The third-order valence-corrected chi connectivity index (χ3v) is 5.66. The number of nitrogen functional groups attached to an aromatic ring is 1. The molecule has 1 unspecified atom stereocenters. The van der Waals surface area contributed by atoms with E-state index in [-0.39, 0.29) is 5.91 Å². The van der Waals surface area contributed by atoms with Gasteiger partial charge in [0.1, 0.15) is 0 Å². The van der Waals surface area contributed by atoms with Crippen LogP contribution in [-0.2, 0) is 4.79 Å². The molecule has 1 amide bonds. The summed E-state index contributed by atoms with van der Waals surface area (Å²) in [5, 5.41) is 8.93. The number of benzene rings is 1. The molecule has 0 radical (unpaired) electrons. The van der Waals surface area contributed by atoms with Crippen LogP contribution in [0.4, 0.5) is 5.69 Å². The van der Waals surface area contributed by atoms with Gasteiger partial charge in [-0.25, -0.2) is 4.68 Å². The van der Waals surface area contributed by atoms with Gasteiger partial charge in [-0.05, 0) is 38.3 Å². The fourth-order valence-electron chi connectivity index (χ4n) is 3.17. The van der Waals surface area contributed by atoms with Crippen molar-refractivity contribution in [2.24, 2.45) is 0 Å². The highest BCUT2D eigenvalue weighted by Gasteiger charge is 2.24. The molecule has 0 saturated carbocycles. The van der Waals surface area contributed by atoms with Crippen molar-refractivity contribution in [1.29, 1.82) is 0 Å². The Hall–Kier alpha value is -2.22. The first kappa shape index (κ1) is 18.6. The molecule has 2 aromatic rings. The van der Waals surface area contributed by atoms with Gasteiger partial charge >= 0.3 is 0 Å². The van der Waals surface area contributed by atoms with E-state index in [1.807, 2.05) is 48.2 Å². The molecular formula is C18H26N6OS. The van der Waals surface area contributed by atoms with Crippen molar-refractivity contribution in [2.45, 2.75) is 37.4 Å². The van der Waals surface area contributed by atoms with Crippen molar-refractivity contribution in [3.8, 4) is 11.4 Å². The first-order valence-corrected chi connectivity index (χ1v) is 9.86. The van der Waals surface area contributed by atoms with E-state index in [1.165, 1.54) is 22.9 Å². The summed E-state index contributed by atoms with van der Waals surface area (Å²) in [5.41, 5.74) is 1.96. The third-order valence-electron chi connectivity index (χ3n) is 4.73. The van der Waals surface area contributed by atoms with Crippen LogP contribution in [0.3, 0.4) is 0 Å². The smallest absolute Gasteiger partial charge is 0.233 e. The van der Waals surface area contributed by atoms with Crippen molar-refractivity contribution in [1.82, 2.24) is 19.8 Å². The zero-order chi connectivity index (χ0) is 18.7. The van der Waals surface area contributed by atoms with Gasteiger partial charge in [0, 0.05) is 37.9 Å². The van der Waals surface area contributed by atoms with E-state index < -0.39 is 0 Å². The van der Waals surface area contributed by atoms with Crippen molar-refractivity contribution < 1.29 is 4.79 Å². The van der Waals surface area contributed by atoms with Crippen molar-refractivity contribution in [2.75, 3.05) is 37.1 Å². The van der Waals surface area contributed by atoms with Gasteiger partial charge in [-0.1, -0.05) is 23.9 Å². The number of likely N-dealkylation sites (tertiary alicyclic amines) is 1. The minimum Gasteiger partial charge on any atom is -0.378 e. The molecule has 0 aliphatic carbocycles. The Morgan fingerprint density at radius 2 is 2.15 bits per heavy atom. The predicted molar refractivity (Wildman–Crippen MR) is 106 cm³/mol. The van der Waals surface area contributed by atoms with Crippen LogP contribution in [0.15, 0.2) is 29.4 Å². The molecule has 7 nitrogen and oxygen atoms in total. The number of hydrogen-bond acceptors (Lipinski definition) is 6. The molecule has 1 aromatic carbocycles. The minimum atomic E-state index is 0.140. The molecule has 2 N–H and O–H groups in total. The number of carbonyl (C=O) groups excluding carboxylic acids is 1. The predicted octanol–water partition coefficient (Wildman–Crippen LogP) is 2.22. The lowest BCUT2D eigenvalue weighted by atomic mass is 10.0. The van der Waals surface area contributed by atoms with Crippen LogP contribution in [-0.4, -0.2) is 58.1 Å². The summed E-state index contributed by atoms with van der Waals surface area (Å²) in [6.07, 6.45) is 3.36. The molecule has 8 heteroatoms. The molecule has 3 rings (SSSR count). The van der Waals surface area contributed by atoms with Gasteiger partial charge in [-0.2, -0.15) is 0 Å². The Labute approximate surface area is 158 Å². The summed E-state index contributed by atoms with van der Waals surface area (Å²) >= 11 is 1.34. The van der Waals surface area contributed by atoms with Crippen LogP contribution in [0.2, 0.25) is 0 Å². The zero-order valence-electron chi connectivity index (χ0n) is 15.6. The van der Waals surface area contributed by atoms with Crippen LogP contribution < -0.4 is 10.7 Å².